The van der Waals surface area contributed by atoms with Crippen molar-refractivity contribution in [2.45, 2.75) is 6.92 Å². The lowest BCUT2D eigenvalue weighted by molar-refractivity contribution is 0.521. The summed E-state index contributed by atoms with van der Waals surface area (Å²) in [5.41, 5.74) is 1.29. The Morgan fingerprint density at radius 2 is 2.00 bits per heavy atom. The summed E-state index contributed by atoms with van der Waals surface area (Å²) in [5, 5.41) is 8.50. The molecule has 0 unspecified atom stereocenters. The minimum absolute atomic E-state index is 0.321. The van der Waals surface area contributed by atoms with Crippen LogP contribution in [0.4, 0.5) is 0 Å². The Bertz CT molecular complexity index is 690. The van der Waals surface area contributed by atoms with Gasteiger partial charge in [0.15, 0.2) is 11.6 Å². The van der Waals surface area contributed by atoms with E-state index >= 15 is 0 Å². The van der Waals surface area contributed by atoms with Gasteiger partial charge in [-0.2, -0.15) is 0 Å². The number of aryl methyl sites for hydroxylation is 1. The number of hydrogen-bond acceptors (Lipinski definition) is 5. The van der Waals surface area contributed by atoms with Crippen molar-refractivity contribution in [2.24, 2.45) is 0 Å². The minimum Gasteiger partial charge on any atom is -0.448 e. The van der Waals surface area contributed by atoms with Crippen molar-refractivity contribution in [1.29, 1.82) is 0 Å². The van der Waals surface area contributed by atoms with Gasteiger partial charge in [0.25, 0.3) is 5.89 Å². The number of hydrogen-bond donors (Lipinski definition) is 0. The Labute approximate surface area is 107 Å². The molecule has 90 valence electrons. The fourth-order valence-electron chi connectivity index (χ4n) is 1.53. The molecule has 3 aromatic rings. The van der Waals surface area contributed by atoms with Crippen LogP contribution in [-0.2, 0) is 0 Å². The zero-order valence-electron chi connectivity index (χ0n) is 9.42. The second kappa shape index (κ2) is 4.27. The maximum Gasteiger partial charge on any atom is 0.269 e. The molecule has 2 heterocycles. The number of benzene rings is 1. The van der Waals surface area contributed by atoms with E-state index in [1.54, 1.807) is 19.1 Å². The van der Waals surface area contributed by atoms with Gasteiger partial charge in [0.1, 0.15) is 6.26 Å². The zero-order valence-corrected chi connectivity index (χ0v) is 10.2. The highest BCUT2D eigenvalue weighted by Crippen LogP contribution is 2.25. The molecule has 0 atom stereocenters. The first-order valence-corrected chi connectivity index (χ1v) is 5.62. The summed E-state index contributed by atoms with van der Waals surface area (Å²) >= 11 is 5.90. The van der Waals surface area contributed by atoms with Crippen LogP contribution in [0.5, 0.6) is 0 Å². The van der Waals surface area contributed by atoms with Gasteiger partial charge >= 0.3 is 0 Å². The molecule has 0 saturated heterocycles. The van der Waals surface area contributed by atoms with E-state index in [1.165, 1.54) is 6.26 Å². The van der Waals surface area contributed by atoms with Crippen LogP contribution in [-0.4, -0.2) is 15.2 Å². The molecule has 0 aliphatic carbocycles. The lowest BCUT2D eigenvalue weighted by atomic mass is 10.2. The SMILES string of the molecule is Cc1nc(-c2nnc(-c3cccc(Cl)c3)o2)co1. The largest absolute Gasteiger partial charge is 0.448 e. The molecule has 5 nitrogen and oxygen atoms in total. The highest BCUT2D eigenvalue weighted by atomic mass is 35.5. The fraction of sp³-hybridized carbons (Fsp3) is 0.0833. The third kappa shape index (κ3) is 2.00. The fourth-order valence-corrected chi connectivity index (χ4v) is 1.72. The molecule has 0 aliphatic rings. The maximum atomic E-state index is 5.90. The molecule has 0 fully saturated rings. The van der Waals surface area contributed by atoms with Crippen LogP contribution in [0.3, 0.4) is 0 Å². The van der Waals surface area contributed by atoms with E-state index in [4.69, 9.17) is 20.4 Å². The maximum absolute atomic E-state index is 5.90. The third-order valence-electron chi connectivity index (χ3n) is 2.33. The van der Waals surface area contributed by atoms with Crippen LogP contribution in [0.15, 0.2) is 39.4 Å². The lowest BCUT2D eigenvalue weighted by Gasteiger charge is -1.94. The molecule has 0 bridgehead atoms. The quantitative estimate of drug-likeness (QED) is 0.708. The molecule has 1 aromatic carbocycles. The Kier molecular flexibility index (Phi) is 2.60. The average molecular weight is 262 g/mol. The van der Waals surface area contributed by atoms with Crippen LogP contribution in [0.2, 0.25) is 5.02 Å². The number of oxazole rings is 1. The number of rotatable bonds is 2. The summed E-state index contributed by atoms with van der Waals surface area (Å²) in [4.78, 5) is 4.12. The molecule has 0 saturated carbocycles. The standard InChI is InChI=1S/C12H8ClN3O2/c1-7-14-10(6-17-7)12-16-15-11(18-12)8-3-2-4-9(13)5-8/h2-6H,1H3. The number of halogens is 1. The van der Waals surface area contributed by atoms with Crippen molar-refractivity contribution in [2.75, 3.05) is 0 Å². The van der Waals surface area contributed by atoms with Gasteiger partial charge in [0.05, 0.1) is 0 Å². The van der Waals surface area contributed by atoms with Crippen LogP contribution >= 0.6 is 11.6 Å². The Hall–Kier alpha value is -2.14. The van der Waals surface area contributed by atoms with Crippen molar-refractivity contribution in [3.8, 4) is 23.0 Å². The van der Waals surface area contributed by atoms with Crippen molar-refractivity contribution >= 4 is 11.6 Å². The highest BCUT2D eigenvalue weighted by molar-refractivity contribution is 6.30. The monoisotopic (exact) mass is 261 g/mol. The number of nitrogens with zero attached hydrogens (tertiary/aromatic N) is 3. The Morgan fingerprint density at radius 1 is 1.17 bits per heavy atom. The van der Waals surface area contributed by atoms with E-state index in [2.05, 4.69) is 15.2 Å². The molecule has 6 heteroatoms. The van der Waals surface area contributed by atoms with Crippen LogP contribution in [0.25, 0.3) is 23.0 Å². The summed E-state index contributed by atoms with van der Waals surface area (Å²) in [6, 6.07) is 7.20. The van der Waals surface area contributed by atoms with Gasteiger partial charge in [0.2, 0.25) is 5.89 Å². The molecule has 2 aromatic heterocycles. The first-order chi connectivity index (χ1) is 8.72. The molecule has 0 aliphatic heterocycles. The molecule has 0 amide bonds. The summed E-state index contributed by atoms with van der Waals surface area (Å²) < 4.78 is 10.6. The first kappa shape index (κ1) is 11.0. The predicted molar refractivity (Wildman–Crippen MR) is 65.0 cm³/mol. The summed E-state index contributed by atoms with van der Waals surface area (Å²) in [7, 11) is 0. The Balaban J connectivity index is 1.99. The van der Waals surface area contributed by atoms with Crippen molar-refractivity contribution in [1.82, 2.24) is 15.2 Å². The smallest absolute Gasteiger partial charge is 0.269 e. The highest BCUT2D eigenvalue weighted by Gasteiger charge is 2.13. The van der Waals surface area contributed by atoms with Gasteiger partial charge in [-0.05, 0) is 18.2 Å². The molecule has 0 radical (unpaired) electrons. The summed E-state index contributed by atoms with van der Waals surface area (Å²) in [6.07, 6.45) is 1.48. The lowest BCUT2D eigenvalue weighted by Crippen LogP contribution is -1.77. The molecular weight excluding hydrogens is 254 g/mol. The molecule has 3 rings (SSSR count). The van der Waals surface area contributed by atoms with Gasteiger partial charge in [0, 0.05) is 17.5 Å². The molecular formula is C12H8ClN3O2. The summed E-state index contributed by atoms with van der Waals surface area (Å²) in [6.45, 7) is 1.75. The van der Waals surface area contributed by atoms with E-state index < -0.39 is 0 Å². The van der Waals surface area contributed by atoms with E-state index in [1.807, 2.05) is 12.1 Å². The predicted octanol–water partition coefficient (Wildman–Crippen LogP) is 3.35. The van der Waals surface area contributed by atoms with Gasteiger partial charge < -0.3 is 8.83 Å². The second-order valence-electron chi connectivity index (χ2n) is 3.67. The van der Waals surface area contributed by atoms with Gasteiger partial charge in [-0.25, -0.2) is 4.98 Å². The van der Waals surface area contributed by atoms with E-state index in [0.717, 1.165) is 5.56 Å². The van der Waals surface area contributed by atoms with E-state index in [9.17, 15) is 0 Å². The molecule has 0 spiro atoms. The third-order valence-corrected chi connectivity index (χ3v) is 2.57. The van der Waals surface area contributed by atoms with Gasteiger partial charge in [-0.1, -0.05) is 17.7 Å². The van der Waals surface area contributed by atoms with Crippen molar-refractivity contribution in [3.05, 3.63) is 41.4 Å². The van der Waals surface area contributed by atoms with Crippen molar-refractivity contribution < 1.29 is 8.83 Å². The Morgan fingerprint density at radius 3 is 2.72 bits per heavy atom. The molecule has 0 N–H and O–H groups in total. The van der Waals surface area contributed by atoms with Gasteiger partial charge in [-0.3, -0.25) is 0 Å². The number of aromatic nitrogens is 3. The van der Waals surface area contributed by atoms with Crippen molar-refractivity contribution in [3.63, 3.8) is 0 Å². The van der Waals surface area contributed by atoms with E-state index in [0.29, 0.717) is 28.4 Å². The zero-order chi connectivity index (χ0) is 12.5. The topological polar surface area (TPSA) is 65.0 Å². The van der Waals surface area contributed by atoms with Gasteiger partial charge in [-0.15, -0.1) is 10.2 Å². The average Bonchev–Trinajstić information content (AvgIpc) is 2.97. The minimum atomic E-state index is 0.321. The molecule has 18 heavy (non-hydrogen) atoms. The first-order valence-electron chi connectivity index (χ1n) is 5.24. The normalized spacial score (nSPS) is 10.8. The van der Waals surface area contributed by atoms with Crippen LogP contribution in [0, 0.1) is 6.92 Å². The van der Waals surface area contributed by atoms with Crippen LogP contribution in [0.1, 0.15) is 5.89 Å². The van der Waals surface area contributed by atoms with E-state index in [-0.39, 0.29) is 0 Å². The van der Waals surface area contributed by atoms with Crippen LogP contribution < -0.4 is 0 Å². The second-order valence-corrected chi connectivity index (χ2v) is 4.11. The summed E-state index contributed by atoms with van der Waals surface area (Å²) in [5.74, 6) is 1.27.